The van der Waals surface area contributed by atoms with Crippen LogP contribution in [-0.4, -0.2) is 36.3 Å². The topological polar surface area (TPSA) is 76.3 Å². The highest BCUT2D eigenvalue weighted by Gasteiger charge is 2.15. The fraction of sp³-hybridized carbons (Fsp3) is 0.375. The summed E-state index contributed by atoms with van der Waals surface area (Å²) in [5, 5.41) is 3.42. The van der Waals surface area contributed by atoms with Gasteiger partial charge in [0.15, 0.2) is 0 Å². The molecule has 0 spiro atoms. The lowest BCUT2D eigenvalue weighted by Crippen LogP contribution is -2.36. The molecule has 6 nitrogen and oxygen atoms in total. The monoisotopic (exact) mass is 299 g/mol. The number of nitrogens with one attached hydrogen (secondary N) is 1. The maximum Gasteiger partial charge on any atom is 0.130 e. The predicted molar refractivity (Wildman–Crippen MR) is 88.0 cm³/mol. The van der Waals surface area contributed by atoms with Crippen LogP contribution in [0, 0.1) is 0 Å². The molecule has 2 aromatic heterocycles. The number of aromatic nitrogens is 2. The van der Waals surface area contributed by atoms with Gasteiger partial charge in [0, 0.05) is 25.4 Å². The number of ether oxygens (including phenoxy) is 1. The maximum absolute atomic E-state index is 6.06. The van der Waals surface area contributed by atoms with Gasteiger partial charge >= 0.3 is 0 Å². The Labute approximate surface area is 130 Å². The van der Waals surface area contributed by atoms with Gasteiger partial charge in [-0.15, -0.1) is 0 Å². The normalized spacial score (nSPS) is 16.3. The van der Waals surface area contributed by atoms with Crippen molar-refractivity contribution in [1.29, 1.82) is 0 Å². The van der Waals surface area contributed by atoms with Crippen LogP contribution in [-0.2, 0) is 4.74 Å². The van der Waals surface area contributed by atoms with Crippen LogP contribution in [0.15, 0.2) is 36.7 Å². The number of morpholine rings is 1. The Hall–Kier alpha value is -2.34. The van der Waals surface area contributed by atoms with Crippen molar-refractivity contribution in [2.24, 2.45) is 0 Å². The van der Waals surface area contributed by atoms with Gasteiger partial charge in [-0.05, 0) is 19.1 Å². The molecular formula is C16H21N5O. The fourth-order valence-corrected chi connectivity index (χ4v) is 2.48. The standard InChI is InChI=1S/C16H21N5O/c1-12(14-4-2-3-5-18-14)20-15-10-16(19-11-13(15)17)21-6-8-22-9-7-21/h2-5,10-12H,6-9,17H2,1H3,(H,19,20). The highest BCUT2D eigenvalue weighted by molar-refractivity contribution is 5.69. The van der Waals surface area contributed by atoms with E-state index >= 15 is 0 Å². The number of anilines is 3. The molecule has 3 rings (SSSR count). The largest absolute Gasteiger partial charge is 0.396 e. The first-order valence-electron chi connectivity index (χ1n) is 7.50. The molecule has 1 aliphatic heterocycles. The van der Waals surface area contributed by atoms with E-state index in [1.54, 1.807) is 12.4 Å². The van der Waals surface area contributed by atoms with E-state index in [4.69, 9.17) is 10.5 Å². The van der Waals surface area contributed by atoms with E-state index < -0.39 is 0 Å². The fourth-order valence-electron chi connectivity index (χ4n) is 2.48. The van der Waals surface area contributed by atoms with Crippen LogP contribution in [0.2, 0.25) is 0 Å². The van der Waals surface area contributed by atoms with E-state index in [0.29, 0.717) is 5.69 Å². The minimum Gasteiger partial charge on any atom is -0.396 e. The maximum atomic E-state index is 6.06. The first kappa shape index (κ1) is 14.6. The molecule has 0 saturated carbocycles. The molecule has 1 fully saturated rings. The second kappa shape index (κ2) is 6.62. The van der Waals surface area contributed by atoms with Crippen LogP contribution in [0.4, 0.5) is 17.2 Å². The quantitative estimate of drug-likeness (QED) is 0.900. The van der Waals surface area contributed by atoms with Gasteiger partial charge in [-0.3, -0.25) is 4.98 Å². The summed E-state index contributed by atoms with van der Waals surface area (Å²) in [4.78, 5) is 11.0. The number of pyridine rings is 2. The molecule has 1 aliphatic rings. The summed E-state index contributed by atoms with van der Waals surface area (Å²) in [6.07, 6.45) is 3.50. The third-order valence-corrected chi connectivity index (χ3v) is 3.76. The Morgan fingerprint density at radius 3 is 2.82 bits per heavy atom. The summed E-state index contributed by atoms with van der Waals surface area (Å²) in [5.74, 6) is 0.924. The zero-order valence-electron chi connectivity index (χ0n) is 12.7. The molecule has 1 unspecified atom stereocenters. The number of hydrogen-bond donors (Lipinski definition) is 2. The van der Waals surface area contributed by atoms with Crippen molar-refractivity contribution in [3.8, 4) is 0 Å². The van der Waals surface area contributed by atoms with Gasteiger partial charge in [0.25, 0.3) is 0 Å². The van der Waals surface area contributed by atoms with Crippen molar-refractivity contribution in [1.82, 2.24) is 9.97 Å². The van der Waals surface area contributed by atoms with Gasteiger partial charge in [-0.1, -0.05) is 6.07 Å². The van der Waals surface area contributed by atoms with Gasteiger partial charge in [-0.25, -0.2) is 4.98 Å². The average molecular weight is 299 g/mol. The van der Waals surface area contributed by atoms with E-state index in [1.807, 2.05) is 24.3 Å². The lowest BCUT2D eigenvalue weighted by Gasteiger charge is -2.28. The van der Waals surface area contributed by atoms with Crippen molar-refractivity contribution in [2.75, 3.05) is 42.3 Å². The van der Waals surface area contributed by atoms with E-state index in [9.17, 15) is 0 Å². The summed E-state index contributed by atoms with van der Waals surface area (Å²) in [6.45, 7) is 5.24. The third kappa shape index (κ3) is 3.28. The minimum absolute atomic E-state index is 0.0726. The molecule has 22 heavy (non-hydrogen) atoms. The summed E-state index contributed by atoms with van der Waals surface area (Å²) in [5.41, 5.74) is 8.56. The average Bonchev–Trinajstić information content (AvgIpc) is 2.58. The Morgan fingerprint density at radius 2 is 2.09 bits per heavy atom. The van der Waals surface area contributed by atoms with E-state index in [1.165, 1.54) is 0 Å². The number of nitrogens with zero attached hydrogens (tertiary/aromatic N) is 3. The SMILES string of the molecule is CC(Nc1cc(N2CCOCC2)ncc1N)c1ccccn1. The summed E-state index contributed by atoms with van der Waals surface area (Å²) < 4.78 is 5.38. The third-order valence-electron chi connectivity index (χ3n) is 3.76. The number of nitrogen functional groups attached to an aromatic ring is 1. The van der Waals surface area contributed by atoms with Crippen molar-refractivity contribution in [3.05, 3.63) is 42.4 Å². The molecule has 1 saturated heterocycles. The number of hydrogen-bond acceptors (Lipinski definition) is 6. The van der Waals surface area contributed by atoms with Gasteiger partial charge < -0.3 is 20.7 Å². The highest BCUT2D eigenvalue weighted by Crippen LogP contribution is 2.27. The number of nitrogens with two attached hydrogens (primary N) is 1. The summed E-state index contributed by atoms with van der Waals surface area (Å²) in [7, 11) is 0. The zero-order chi connectivity index (χ0) is 15.4. The Balaban J connectivity index is 1.77. The first-order chi connectivity index (χ1) is 10.7. The second-order valence-corrected chi connectivity index (χ2v) is 5.35. The molecule has 2 aromatic rings. The Bertz CT molecular complexity index is 613. The van der Waals surface area contributed by atoms with Gasteiger partial charge in [0.2, 0.25) is 0 Å². The lowest BCUT2D eigenvalue weighted by molar-refractivity contribution is 0.122. The summed E-state index contributed by atoms with van der Waals surface area (Å²) >= 11 is 0. The van der Waals surface area contributed by atoms with Crippen LogP contribution in [0.1, 0.15) is 18.7 Å². The molecule has 0 radical (unpaired) electrons. The predicted octanol–water partition coefficient (Wildman–Crippen LogP) is 2.07. The van der Waals surface area contributed by atoms with Gasteiger partial charge in [0.1, 0.15) is 5.82 Å². The Morgan fingerprint density at radius 1 is 1.27 bits per heavy atom. The van der Waals surface area contributed by atoms with Crippen molar-refractivity contribution < 1.29 is 4.74 Å². The zero-order valence-corrected chi connectivity index (χ0v) is 12.7. The Kier molecular flexibility index (Phi) is 4.39. The second-order valence-electron chi connectivity index (χ2n) is 5.35. The number of rotatable bonds is 4. The minimum atomic E-state index is 0.0726. The lowest BCUT2D eigenvalue weighted by atomic mass is 10.2. The molecule has 116 valence electrons. The highest BCUT2D eigenvalue weighted by atomic mass is 16.5. The summed E-state index contributed by atoms with van der Waals surface area (Å²) in [6, 6.07) is 7.96. The molecule has 3 N–H and O–H groups in total. The molecule has 0 aliphatic carbocycles. The first-order valence-corrected chi connectivity index (χ1v) is 7.50. The van der Waals surface area contributed by atoms with Gasteiger partial charge in [-0.2, -0.15) is 0 Å². The van der Waals surface area contributed by atoms with Crippen molar-refractivity contribution in [2.45, 2.75) is 13.0 Å². The molecule has 6 heteroatoms. The van der Waals surface area contributed by atoms with Crippen molar-refractivity contribution in [3.63, 3.8) is 0 Å². The molecule has 1 atom stereocenters. The molecular weight excluding hydrogens is 278 g/mol. The molecule has 0 amide bonds. The van der Waals surface area contributed by atoms with Crippen LogP contribution >= 0.6 is 0 Å². The van der Waals surface area contributed by atoms with E-state index in [-0.39, 0.29) is 6.04 Å². The van der Waals surface area contributed by atoms with E-state index in [2.05, 4.69) is 27.1 Å². The van der Waals surface area contributed by atoms with Crippen LogP contribution in [0.25, 0.3) is 0 Å². The molecule has 3 heterocycles. The molecule has 0 aromatic carbocycles. The van der Waals surface area contributed by atoms with Crippen LogP contribution in [0.3, 0.4) is 0 Å². The van der Waals surface area contributed by atoms with Gasteiger partial charge in [0.05, 0.1) is 42.5 Å². The smallest absolute Gasteiger partial charge is 0.130 e. The van der Waals surface area contributed by atoms with Crippen molar-refractivity contribution >= 4 is 17.2 Å². The molecule has 0 bridgehead atoms. The van der Waals surface area contributed by atoms with Crippen LogP contribution < -0.4 is 16.0 Å². The van der Waals surface area contributed by atoms with E-state index in [0.717, 1.165) is 43.5 Å². The van der Waals surface area contributed by atoms with Crippen LogP contribution in [0.5, 0.6) is 0 Å².